The molecule has 0 aliphatic carbocycles. The maximum absolute atomic E-state index is 10.9. The zero-order valence-electron chi connectivity index (χ0n) is 11.6. The van der Waals surface area contributed by atoms with Crippen molar-refractivity contribution in [3.63, 3.8) is 0 Å². The summed E-state index contributed by atoms with van der Waals surface area (Å²) in [4.78, 5) is 10.5. The van der Waals surface area contributed by atoms with Gasteiger partial charge in [-0.25, -0.2) is 0 Å². The highest BCUT2D eigenvalue weighted by atomic mass is 16.6. The Morgan fingerprint density at radius 1 is 1.24 bits per heavy atom. The molecule has 0 aromatic heterocycles. The molecular formula is C15H16N2O4. The van der Waals surface area contributed by atoms with Crippen molar-refractivity contribution in [2.24, 2.45) is 0 Å². The van der Waals surface area contributed by atoms with Crippen molar-refractivity contribution in [1.29, 1.82) is 0 Å². The standard InChI is InChI=1S/C15H16N2O4/c1-2-21-14-9-5-6-11(15(14)18)10-16-12-7-3-4-8-13(12)17(19)20/h3-9,16,18H,2,10H2,1H3. The zero-order chi connectivity index (χ0) is 15.2. The molecule has 0 spiro atoms. The molecule has 0 aliphatic heterocycles. The molecule has 6 nitrogen and oxygen atoms in total. The third-order valence-corrected chi connectivity index (χ3v) is 2.95. The highest BCUT2D eigenvalue weighted by molar-refractivity contribution is 5.61. The molecule has 0 unspecified atom stereocenters. The van der Waals surface area contributed by atoms with Gasteiger partial charge in [0.2, 0.25) is 0 Å². The normalized spacial score (nSPS) is 10.1. The lowest BCUT2D eigenvalue weighted by atomic mass is 10.1. The van der Waals surface area contributed by atoms with Gasteiger partial charge in [0, 0.05) is 18.2 Å². The van der Waals surface area contributed by atoms with Crippen molar-refractivity contribution in [3.8, 4) is 11.5 Å². The van der Waals surface area contributed by atoms with Crippen molar-refractivity contribution in [1.82, 2.24) is 0 Å². The molecule has 0 saturated heterocycles. The number of nitro groups is 1. The Morgan fingerprint density at radius 3 is 2.71 bits per heavy atom. The molecule has 0 bridgehead atoms. The molecule has 6 heteroatoms. The second kappa shape index (κ2) is 6.60. The molecule has 0 fully saturated rings. The van der Waals surface area contributed by atoms with E-state index in [1.54, 1.807) is 36.4 Å². The van der Waals surface area contributed by atoms with Crippen LogP contribution in [0.3, 0.4) is 0 Å². The summed E-state index contributed by atoms with van der Waals surface area (Å²) in [6.45, 7) is 2.55. The van der Waals surface area contributed by atoms with Crippen molar-refractivity contribution in [2.75, 3.05) is 11.9 Å². The van der Waals surface area contributed by atoms with Crippen LogP contribution in [-0.2, 0) is 6.54 Å². The van der Waals surface area contributed by atoms with E-state index in [4.69, 9.17) is 4.74 Å². The Labute approximate surface area is 122 Å². The average Bonchev–Trinajstić information content (AvgIpc) is 2.48. The number of hydrogen-bond acceptors (Lipinski definition) is 5. The molecule has 0 heterocycles. The maximum atomic E-state index is 10.9. The molecular weight excluding hydrogens is 272 g/mol. The molecule has 110 valence electrons. The third-order valence-electron chi connectivity index (χ3n) is 2.95. The first-order valence-corrected chi connectivity index (χ1v) is 6.54. The third kappa shape index (κ3) is 3.42. The monoisotopic (exact) mass is 288 g/mol. The number of ether oxygens (including phenoxy) is 1. The molecule has 2 aromatic rings. The molecule has 0 radical (unpaired) electrons. The van der Waals surface area contributed by atoms with E-state index in [-0.39, 0.29) is 18.0 Å². The van der Waals surface area contributed by atoms with Gasteiger partial charge in [0.15, 0.2) is 11.5 Å². The highest BCUT2D eigenvalue weighted by Crippen LogP contribution is 2.31. The van der Waals surface area contributed by atoms with Gasteiger partial charge >= 0.3 is 0 Å². The fourth-order valence-electron chi connectivity index (χ4n) is 1.96. The van der Waals surface area contributed by atoms with Gasteiger partial charge in [0.1, 0.15) is 5.69 Å². The average molecular weight is 288 g/mol. The molecule has 2 aromatic carbocycles. The van der Waals surface area contributed by atoms with Crippen LogP contribution in [0.4, 0.5) is 11.4 Å². The van der Waals surface area contributed by atoms with Crippen LogP contribution in [0.1, 0.15) is 12.5 Å². The van der Waals surface area contributed by atoms with E-state index in [9.17, 15) is 15.2 Å². The SMILES string of the molecule is CCOc1cccc(CNc2ccccc2[N+](=O)[O-])c1O. The fraction of sp³-hybridized carbons (Fsp3) is 0.200. The van der Waals surface area contributed by atoms with Gasteiger partial charge in [-0.3, -0.25) is 10.1 Å². The number of rotatable bonds is 6. The van der Waals surface area contributed by atoms with Crippen molar-refractivity contribution < 1.29 is 14.8 Å². The minimum absolute atomic E-state index is 0.00190. The second-order valence-corrected chi connectivity index (χ2v) is 4.32. The quantitative estimate of drug-likeness (QED) is 0.629. The van der Waals surface area contributed by atoms with Crippen LogP contribution >= 0.6 is 0 Å². The number of nitro benzene ring substituents is 1. The first kappa shape index (κ1) is 14.6. The molecule has 2 rings (SSSR count). The Hall–Kier alpha value is -2.76. The largest absolute Gasteiger partial charge is 0.504 e. The lowest BCUT2D eigenvalue weighted by molar-refractivity contribution is -0.384. The van der Waals surface area contributed by atoms with Gasteiger partial charge in [-0.15, -0.1) is 0 Å². The summed E-state index contributed by atoms with van der Waals surface area (Å²) in [5.41, 5.74) is 1.01. The molecule has 0 aliphatic rings. The Kier molecular flexibility index (Phi) is 4.61. The van der Waals surface area contributed by atoms with Crippen molar-refractivity contribution in [3.05, 3.63) is 58.1 Å². The smallest absolute Gasteiger partial charge is 0.292 e. The molecule has 0 amide bonds. The van der Waals surface area contributed by atoms with Gasteiger partial charge in [-0.05, 0) is 19.1 Å². The van der Waals surface area contributed by atoms with Crippen molar-refractivity contribution >= 4 is 11.4 Å². The van der Waals surface area contributed by atoms with Crippen LogP contribution in [0.15, 0.2) is 42.5 Å². The Bertz CT molecular complexity index is 643. The van der Waals surface area contributed by atoms with Gasteiger partial charge < -0.3 is 15.2 Å². The number of benzene rings is 2. The summed E-state index contributed by atoms with van der Waals surface area (Å²) < 4.78 is 5.31. The number of nitrogens with zero attached hydrogens (tertiary/aromatic N) is 1. The number of phenols is 1. The Balaban J connectivity index is 2.17. The number of para-hydroxylation sites is 3. The van der Waals surface area contributed by atoms with Gasteiger partial charge in [0.25, 0.3) is 5.69 Å². The minimum atomic E-state index is -0.446. The van der Waals surface area contributed by atoms with Crippen LogP contribution in [0.25, 0.3) is 0 Å². The number of anilines is 1. The number of phenolic OH excluding ortho intramolecular Hbond substituents is 1. The van der Waals surface area contributed by atoms with E-state index in [1.165, 1.54) is 6.07 Å². The number of nitrogens with one attached hydrogen (secondary N) is 1. The van der Waals surface area contributed by atoms with Crippen LogP contribution in [0.5, 0.6) is 11.5 Å². The molecule has 21 heavy (non-hydrogen) atoms. The topological polar surface area (TPSA) is 84.6 Å². The van der Waals surface area contributed by atoms with Crippen LogP contribution in [0.2, 0.25) is 0 Å². The van der Waals surface area contributed by atoms with E-state index < -0.39 is 4.92 Å². The van der Waals surface area contributed by atoms with E-state index in [0.717, 1.165) is 0 Å². The maximum Gasteiger partial charge on any atom is 0.292 e. The van der Waals surface area contributed by atoms with Crippen LogP contribution in [-0.4, -0.2) is 16.6 Å². The van der Waals surface area contributed by atoms with Crippen LogP contribution < -0.4 is 10.1 Å². The van der Waals surface area contributed by atoms with E-state index in [0.29, 0.717) is 23.6 Å². The highest BCUT2D eigenvalue weighted by Gasteiger charge is 2.13. The van der Waals surface area contributed by atoms with E-state index in [2.05, 4.69) is 5.32 Å². The summed E-state index contributed by atoms with van der Waals surface area (Å²) >= 11 is 0. The van der Waals surface area contributed by atoms with Crippen LogP contribution in [0, 0.1) is 10.1 Å². The number of hydrogen-bond donors (Lipinski definition) is 2. The summed E-state index contributed by atoms with van der Waals surface area (Å²) in [5, 5.41) is 24.0. The first-order chi connectivity index (χ1) is 10.1. The summed E-state index contributed by atoms with van der Waals surface area (Å²) in [6, 6.07) is 11.6. The fourth-order valence-corrected chi connectivity index (χ4v) is 1.96. The summed E-state index contributed by atoms with van der Waals surface area (Å²) in [5.74, 6) is 0.449. The molecule has 2 N–H and O–H groups in total. The second-order valence-electron chi connectivity index (χ2n) is 4.32. The number of aromatic hydroxyl groups is 1. The predicted molar refractivity (Wildman–Crippen MR) is 79.7 cm³/mol. The van der Waals surface area contributed by atoms with Gasteiger partial charge in [-0.1, -0.05) is 24.3 Å². The van der Waals surface area contributed by atoms with E-state index >= 15 is 0 Å². The predicted octanol–water partition coefficient (Wildman–Crippen LogP) is 3.31. The molecule has 0 saturated carbocycles. The van der Waals surface area contributed by atoms with Crippen molar-refractivity contribution in [2.45, 2.75) is 13.5 Å². The zero-order valence-corrected chi connectivity index (χ0v) is 11.6. The first-order valence-electron chi connectivity index (χ1n) is 6.54. The lowest BCUT2D eigenvalue weighted by Gasteiger charge is -2.11. The minimum Gasteiger partial charge on any atom is -0.504 e. The van der Waals surface area contributed by atoms with E-state index in [1.807, 2.05) is 6.92 Å². The Morgan fingerprint density at radius 2 is 2.00 bits per heavy atom. The summed E-state index contributed by atoms with van der Waals surface area (Å²) in [7, 11) is 0. The lowest BCUT2D eigenvalue weighted by Crippen LogP contribution is -2.03. The van der Waals surface area contributed by atoms with Gasteiger partial charge in [-0.2, -0.15) is 0 Å². The van der Waals surface area contributed by atoms with Gasteiger partial charge in [0.05, 0.1) is 11.5 Å². The molecule has 0 atom stereocenters. The summed E-state index contributed by atoms with van der Waals surface area (Å²) in [6.07, 6.45) is 0.